The van der Waals surface area contributed by atoms with Crippen LogP contribution in [0.15, 0.2) is 297 Å². The molecule has 0 saturated carbocycles. The van der Waals surface area contributed by atoms with Gasteiger partial charge in [0, 0.05) is 75.9 Å². The van der Waals surface area contributed by atoms with Crippen LogP contribution in [0.4, 0.5) is 0 Å². The topological polar surface area (TPSA) is 35.9 Å². The summed E-state index contributed by atoms with van der Waals surface area (Å²) in [5.41, 5.74) is -22.1. The fourth-order valence-corrected chi connectivity index (χ4v) is 15.0. The van der Waals surface area contributed by atoms with E-state index in [1.165, 1.54) is 28.8 Å². The molecule has 3 aromatic heterocycles. The van der Waals surface area contributed by atoms with E-state index in [0.717, 1.165) is 57.8 Å². The van der Waals surface area contributed by atoms with Gasteiger partial charge in [-0.15, -0.1) is 29.7 Å². The van der Waals surface area contributed by atoms with Gasteiger partial charge in [0.15, 0.2) is 8.07 Å². The van der Waals surface area contributed by atoms with Crippen LogP contribution in [-0.4, -0.2) is 22.2 Å². The number of fused-ring (bicyclic) bond motifs is 5. The van der Waals surface area contributed by atoms with Crippen LogP contribution >= 0.6 is 0 Å². The van der Waals surface area contributed by atoms with Crippen LogP contribution in [0.25, 0.3) is 94.5 Å². The van der Waals surface area contributed by atoms with Crippen molar-refractivity contribution in [3.05, 3.63) is 332 Å². The molecule has 3 heterocycles. The van der Waals surface area contributed by atoms with E-state index in [-0.39, 0.29) is 66.2 Å². The summed E-state index contributed by atoms with van der Waals surface area (Å²) in [6.45, 7) is -21.8. The van der Waals surface area contributed by atoms with Gasteiger partial charge >= 0.3 is 0 Å². The summed E-state index contributed by atoms with van der Waals surface area (Å²) in [7, 11) is -6.89. The third-order valence-electron chi connectivity index (χ3n) is 15.5. The maximum absolute atomic E-state index is 11.2. The van der Waals surface area contributed by atoms with Crippen LogP contribution in [0.5, 0.6) is 11.5 Å². The van der Waals surface area contributed by atoms with Gasteiger partial charge in [0.1, 0.15) is 5.82 Å². The van der Waals surface area contributed by atoms with E-state index in [4.69, 9.17) is 32.2 Å². The number of ether oxygens (including phenoxy) is 1. The predicted molar refractivity (Wildman–Crippen MR) is 385 cm³/mol. The number of benzene rings is 12. The second-order valence-corrected chi connectivity index (χ2v) is 24.5. The fourth-order valence-electron chi connectivity index (χ4n) is 11.4. The van der Waals surface area contributed by atoms with E-state index in [9.17, 15) is 42.5 Å². The molecule has 0 spiro atoms. The maximum Gasteiger partial charge on any atom is 0.268 e. The molecule has 0 unspecified atom stereocenters. The number of aromatic nitrogens is 4. The van der Waals surface area contributed by atoms with Gasteiger partial charge in [0.2, 0.25) is 0 Å². The van der Waals surface area contributed by atoms with Crippen molar-refractivity contribution in [1.29, 1.82) is 0 Å². The molecule has 0 radical (unpaired) electrons. The van der Waals surface area contributed by atoms with Gasteiger partial charge in [-0.1, -0.05) is 275 Å². The van der Waals surface area contributed by atoms with Gasteiger partial charge in [-0.05, 0) is 136 Å². The largest absolute Gasteiger partial charge is 0.510 e. The number of hydrogen-bond donors (Lipinski definition) is 0. The van der Waals surface area contributed by atoms with E-state index >= 15 is 0 Å². The Labute approximate surface area is 637 Å². The number of rotatable bonds is 13. The van der Waals surface area contributed by atoms with Crippen LogP contribution < -0.4 is 30.1 Å². The summed E-state index contributed by atoms with van der Waals surface area (Å²) in [5.74, 6) is -0.591. The molecule has 15 aromatic rings. The molecule has 458 valence electrons. The molecule has 94 heavy (non-hydrogen) atoms. The Bertz CT molecular complexity index is 7810. The van der Waals surface area contributed by atoms with Crippen molar-refractivity contribution in [1.82, 2.24) is 14.1 Å². The minimum absolute atomic E-state index is 0. The molecule has 5 nitrogen and oxygen atoms in total. The zero-order chi connectivity index (χ0) is 107. The monoisotopic (exact) mass is 1460 g/mol. The van der Waals surface area contributed by atoms with Crippen molar-refractivity contribution in [3.8, 4) is 73.2 Å². The molecular formula is C87H68N4OPtSi-2. The number of para-hydroxylation sites is 2. The van der Waals surface area contributed by atoms with Crippen molar-refractivity contribution in [3.63, 3.8) is 0 Å². The Morgan fingerprint density at radius 1 is 0.511 bits per heavy atom. The first-order valence-corrected chi connectivity index (χ1v) is 30.0. The van der Waals surface area contributed by atoms with Crippen molar-refractivity contribution in [2.75, 3.05) is 0 Å². The maximum atomic E-state index is 11.2. The van der Waals surface area contributed by atoms with Crippen LogP contribution in [0.3, 0.4) is 0 Å². The third-order valence-corrected chi connectivity index (χ3v) is 19.5. The molecule has 0 amide bonds. The first-order chi connectivity index (χ1) is 66.5. The summed E-state index contributed by atoms with van der Waals surface area (Å²) in [6, 6.07) is -13.5. The molecule has 12 aromatic carbocycles. The normalized spacial score (nSPS) is 22.9. The number of nitrogens with zero attached hydrogens (tertiary/aromatic N) is 4. The number of aryl methyl sites for hydroxylation is 1. The summed E-state index contributed by atoms with van der Waals surface area (Å²) < 4.78 is 488. The Kier molecular flexibility index (Phi) is 6.71. The Morgan fingerprint density at radius 3 is 1.80 bits per heavy atom. The van der Waals surface area contributed by atoms with E-state index in [2.05, 4.69) is 23.4 Å². The minimum Gasteiger partial charge on any atom is -0.510 e. The first kappa shape index (κ1) is 25.9. The minimum atomic E-state index is -6.89. The van der Waals surface area contributed by atoms with E-state index in [1.807, 2.05) is 0 Å². The fraction of sp³-hybridized carbons (Fsp3) is 0.103. The number of hydrogen-bond acceptors (Lipinski definition) is 2. The molecule has 0 N–H and O–H groups in total. The Morgan fingerprint density at radius 2 is 1.12 bits per heavy atom. The molecule has 1 aliphatic rings. The third kappa shape index (κ3) is 10.5. The van der Waals surface area contributed by atoms with Crippen molar-refractivity contribution in [2.45, 2.75) is 57.8 Å². The van der Waals surface area contributed by atoms with Gasteiger partial charge in [0.05, 0.1) is 60.6 Å². The van der Waals surface area contributed by atoms with Gasteiger partial charge in [-0.25, -0.2) is 4.98 Å². The number of imidazole rings is 1. The Hall–Kier alpha value is -10.2. The van der Waals surface area contributed by atoms with Crippen LogP contribution in [-0.2, 0) is 31.9 Å². The van der Waals surface area contributed by atoms with Gasteiger partial charge in [-0.3, -0.25) is 4.57 Å². The van der Waals surface area contributed by atoms with Crippen molar-refractivity contribution >= 4 is 61.7 Å². The second kappa shape index (κ2) is 24.3. The molecule has 0 atom stereocenters. The van der Waals surface area contributed by atoms with Gasteiger partial charge in [-0.2, -0.15) is 18.2 Å². The summed E-state index contributed by atoms with van der Waals surface area (Å²) in [5, 5.41) is -4.54. The predicted octanol–water partition coefficient (Wildman–Crippen LogP) is 18.3. The van der Waals surface area contributed by atoms with E-state index in [0.29, 0.717) is 16.3 Å². The molecule has 0 aliphatic heterocycles. The smallest absolute Gasteiger partial charge is 0.268 e. The van der Waals surface area contributed by atoms with Gasteiger partial charge < -0.3 is 13.9 Å². The van der Waals surface area contributed by atoms with Crippen LogP contribution in [0.1, 0.15) is 127 Å². The average molecular weight is 1460 g/mol. The molecule has 7 heteroatoms. The zero-order valence-electron chi connectivity index (χ0n) is 98.8. The van der Waals surface area contributed by atoms with E-state index in [1.54, 1.807) is 30.3 Å². The van der Waals surface area contributed by atoms with E-state index < -0.39 is 341 Å². The summed E-state index contributed by atoms with van der Waals surface area (Å²) >= 11 is 0. The zero-order valence-corrected chi connectivity index (χ0v) is 51.1. The molecule has 0 saturated heterocycles. The van der Waals surface area contributed by atoms with Crippen molar-refractivity contribution in [2.24, 2.45) is 0 Å². The van der Waals surface area contributed by atoms with Crippen LogP contribution in [0, 0.1) is 25.3 Å². The number of pyridine rings is 1. The molecule has 0 fully saturated rings. The SMILES string of the molecule is [2H]c1c([2H])c([2H])c(-c2ccc3c(c2)n(-c2[c-]c(Oc4[c-]c5c(cc4)c4ccccc4n5-c4cc(C([2H])([2H])[2H])c(-c5c([2H])c([2H])c([2H])c([2H])c5[2H])cn4)ccc2)[c-][n+]3-c2c(-c3c([2H])c([2H])c4c(c3[2H])C(C([2H])([2H])[2H])(C([2H])([2H])[2H])C([2H])([2H])C([2H])([2H])C4(C([2H])([2H])[2H])C([2H])([2H])[2H])cccc2-c2c([2H])c([2H])c([2H])c([Si](c3c([2H])c([2H])c([2H])c([2H])c3[2H])(c3c([2H])c([2H])c([2H])c([2H])c3[2H])c3c([2H])c([2H])c([2H])c([2H])c3[2H])c2[2H])c([2H])c1[2H].[Pt]. The summed E-state index contributed by atoms with van der Waals surface area (Å²) in [4.78, 5) is 4.63. The molecule has 16 rings (SSSR count). The Balaban J connectivity index is 0.0000158. The molecule has 1 aliphatic carbocycles. The summed E-state index contributed by atoms with van der Waals surface area (Å²) in [6.07, 6.45) is -5.81. The van der Waals surface area contributed by atoms with Gasteiger partial charge in [0.25, 0.3) is 6.33 Å². The quantitative estimate of drug-likeness (QED) is 0.0499. The van der Waals surface area contributed by atoms with Crippen molar-refractivity contribution < 1.29 is 100 Å². The second-order valence-electron chi connectivity index (χ2n) is 21.0. The molecular weight excluding hydrogens is 1340 g/mol. The first-order valence-electron chi connectivity index (χ1n) is 53.5. The standard InChI is InChI=1S/C87H68N4OSi.Pt/c1-60-52-84(88-58-77(60)62-28-13-7-14-29-62)91-80-43-22-21-40-75(80)76-47-46-68(57-82(76)91)92-67-32-24-31-66(56-67)89-59-90(81-49-45-63(55-83(81)89)61-26-11-6-12-27-61)85-73(41-25-42-74(85)65-44-48-78-79(54-65)87(4,5)51-50-86(78,2)3)64-30-23-39-72(53-64)93(69-33-15-8-16-34-69,70-35-17-9-18-36-70)71-37-19-10-20-38-71;/h6-49,52-55,58H,50-51H2,1-5H3;/q-2;/i1D3,2D3,3D3,4D3,5D3,6D,7D,8D,9D,10D,11D,12D,13D,14D,15D,16D,17D,18D,19D,20D,23D,26D,27D,28D,29D,30D,33D,34D,35D,36D,37D,38D,39D,44D,48D,50D2,51D2,53D,54D;. The average Bonchev–Trinajstić information content (AvgIpc) is 1.16. The van der Waals surface area contributed by atoms with Crippen LogP contribution in [0.2, 0.25) is 0 Å². The molecule has 0 bridgehead atoms.